The van der Waals surface area contributed by atoms with Gasteiger partial charge in [0.2, 0.25) is 0 Å². The Morgan fingerprint density at radius 3 is 1.84 bits per heavy atom. The van der Waals surface area contributed by atoms with E-state index in [0.717, 1.165) is 19.3 Å². The standard InChI is InChI=1S/C29H37.2C6H5.C5H5.2ClH.H2Si.Zr/c1-18-25-22-17-19-13-9-10-14-20(19)24(22)21-15-11-12-16-23(21)29(25,8)28(6,7)27(4,5)26(18,2)3;2*1-2-4-6-5-3-1;1-2-4-5-3-1;;;;/h9-11,13-15,23H,12,16-17H2,1-8H3;2*1-5H;1-3H,4H2;2*1H;1H2;. The molecule has 0 N–H and O–H groups in total. The SMILES string of the molecule is CC12C(=C3Cc4ccccc4C3=C3C=CCCC31)[C](C)([Zr](=[SiH2])([C]1=CC=CC1)([c]1ccccc1)[c]1ccccc1)C(C)(C)C(C)(C)C2(C)C.Cl.Cl. The molecule has 5 aliphatic rings. The molecule has 0 aromatic heterocycles. The Labute approximate surface area is 317 Å². The average Bonchev–Trinajstić information content (AvgIpc) is 3.77. The molecule has 0 amide bonds. The molecular formula is C46H56Cl2SiZr. The molecule has 0 spiro atoms. The molecule has 0 aliphatic heterocycles. The van der Waals surface area contributed by atoms with Crippen molar-refractivity contribution in [3.8, 4) is 0 Å². The van der Waals surface area contributed by atoms with Crippen molar-refractivity contribution >= 4 is 43.8 Å². The van der Waals surface area contributed by atoms with E-state index in [1.165, 1.54) is 17.5 Å². The number of hydrogen-bond acceptors (Lipinski definition) is 0. The van der Waals surface area contributed by atoms with Crippen LogP contribution in [-0.4, -0.2) is 6.88 Å². The summed E-state index contributed by atoms with van der Waals surface area (Å²) in [6.45, 7) is 24.2. The quantitative estimate of drug-likeness (QED) is 0.231. The number of allylic oxidation sites excluding steroid dienone is 10. The van der Waals surface area contributed by atoms with Crippen LogP contribution in [0.3, 0.4) is 0 Å². The van der Waals surface area contributed by atoms with Gasteiger partial charge in [-0.2, -0.15) is 0 Å². The summed E-state index contributed by atoms with van der Waals surface area (Å²) in [5, 5.41) is 0. The van der Waals surface area contributed by atoms with Gasteiger partial charge in [-0.3, -0.25) is 0 Å². The van der Waals surface area contributed by atoms with Crippen LogP contribution in [0.1, 0.15) is 85.8 Å². The van der Waals surface area contributed by atoms with Crippen LogP contribution in [0.25, 0.3) is 5.57 Å². The number of halogens is 2. The monoisotopic (exact) mass is 796 g/mol. The van der Waals surface area contributed by atoms with Crippen LogP contribution in [0.2, 0.25) is 3.12 Å². The Bertz CT molecular complexity index is 2050. The molecule has 262 valence electrons. The Morgan fingerprint density at radius 1 is 0.680 bits per heavy atom. The fourth-order valence-corrected chi connectivity index (χ4v) is 41.5. The normalized spacial score (nSPS) is 28.4. The van der Waals surface area contributed by atoms with Gasteiger partial charge in [0.05, 0.1) is 0 Å². The van der Waals surface area contributed by atoms with Crippen LogP contribution in [0.5, 0.6) is 0 Å². The zero-order chi connectivity index (χ0) is 34.0. The molecule has 1 saturated carbocycles. The van der Waals surface area contributed by atoms with Crippen LogP contribution >= 0.6 is 24.8 Å². The van der Waals surface area contributed by atoms with Crippen LogP contribution in [0, 0.1) is 27.6 Å². The van der Waals surface area contributed by atoms with E-state index in [4.69, 9.17) is 0 Å². The van der Waals surface area contributed by atoms with E-state index in [-0.39, 0.29) is 49.6 Å². The van der Waals surface area contributed by atoms with Gasteiger partial charge in [0, 0.05) is 0 Å². The van der Waals surface area contributed by atoms with Gasteiger partial charge in [-0.1, -0.05) is 0 Å². The molecule has 5 aliphatic carbocycles. The summed E-state index contributed by atoms with van der Waals surface area (Å²) in [6, 6.07) is 33.5. The maximum atomic E-state index is 2.84. The van der Waals surface area contributed by atoms with Gasteiger partial charge in [-0.15, -0.1) is 24.8 Å². The topological polar surface area (TPSA) is 0 Å². The van der Waals surface area contributed by atoms with Crippen molar-refractivity contribution in [3.63, 3.8) is 0 Å². The second-order valence-electron chi connectivity index (χ2n) is 17.8. The van der Waals surface area contributed by atoms with Gasteiger partial charge in [-0.05, 0) is 0 Å². The van der Waals surface area contributed by atoms with Gasteiger partial charge in [-0.25, -0.2) is 0 Å². The molecule has 0 saturated heterocycles. The van der Waals surface area contributed by atoms with E-state index in [9.17, 15) is 0 Å². The van der Waals surface area contributed by atoms with E-state index < -0.39 is 17.4 Å². The van der Waals surface area contributed by atoms with E-state index >= 15 is 0 Å². The van der Waals surface area contributed by atoms with Crippen molar-refractivity contribution in [2.24, 2.45) is 27.6 Å². The average molecular weight is 799 g/mol. The maximum Gasteiger partial charge on any atom is -0.147 e. The van der Waals surface area contributed by atoms with Crippen LogP contribution in [-0.2, 0) is 23.8 Å². The number of fused-ring (bicyclic) bond motifs is 6. The van der Waals surface area contributed by atoms with Crippen molar-refractivity contribution < 1.29 is 17.4 Å². The minimum atomic E-state index is -4.78. The molecule has 4 heteroatoms. The minimum absolute atomic E-state index is 0. The van der Waals surface area contributed by atoms with Gasteiger partial charge in [0.25, 0.3) is 0 Å². The molecule has 0 bridgehead atoms. The molecule has 0 nitrogen and oxygen atoms in total. The third-order valence-electron chi connectivity index (χ3n) is 16.6. The summed E-state index contributed by atoms with van der Waals surface area (Å²) in [5.74, 6) is 0.477. The van der Waals surface area contributed by atoms with Crippen molar-refractivity contribution in [2.45, 2.75) is 84.2 Å². The van der Waals surface area contributed by atoms with Crippen LogP contribution < -0.4 is 6.54 Å². The minimum Gasteiger partial charge on any atom is -0.147 e. The number of hydrogen-bond donors (Lipinski definition) is 0. The molecule has 0 heterocycles. The molecule has 0 radical (unpaired) electrons. The Kier molecular flexibility index (Phi) is 9.09. The largest absolute Gasteiger partial charge is 0.147 e. The first kappa shape index (κ1) is 37.8. The van der Waals surface area contributed by atoms with E-state index in [1.807, 2.05) is 5.57 Å². The molecule has 3 aromatic rings. The first-order valence-electron chi connectivity index (χ1n) is 18.4. The predicted octanol–water partition coefficient (Wildman–Crippen LogP) is 11.1. The van der Waals surface area contributed by atoms with E-state index in [0.29, 0.717) is 5.92 Å². The van der Waals surface area contributed by atoms with Gasteiger partial charge in [0.15, 0.2) is 0 Å². The Balaban J connectivity index is 0.00000216. The first-order valence-corrected chi connectivity index (χ1v) is 29.3. The summed E-state index contributed by atoms with van der Waals surface area (Å²) in [7, 11) is 0. The molecule has 3 unspecified atom stereocenters. The number of benzene rings is 3. The zero-order valence-corrected chi connectivity index (χ0v) is 36.9. The summed E-state index contributed by atoms with van der Waals surface area (Å²) in [5.41, 5.74) is 9.64. The second-order valence-corrected chi connectivity index (χ2v) is 40.2. The fourth-order valence-electron chi connectivity index (χ4n) is 12.8. The first-order chi connectivity index (χ1) is 22.7. The number of rotatable bonds is 4. The van der Waals surface area contributed by atoms with E-state index in [1.54, 1.807) is 26.5 Å². The summed E-state index contributed by atoms with van der Waals surface area (Å²) >= 11 is -4.78. The third-order valence-corrected chi connectivity index (χ3v) is 48.2. The smallest absolute Gasteiger partial charge is 0.147 e. The van der Waals surface area contributed by atoms with Crippen molar-refractivity contribution in [2.75, 3.05) is 0 Å². The summed E-state index contributed by atoms with van der Waals surface area (Å²) in [4.78, 5) is 0. The zero-order valence-electron chi connectivity index (χ0n) is 31.4. The van der Waals surface area contributed by atoms with Crippen LogP contribution in [0.15, 0.2) is 135 Å². The molecule has 1 fully saturated rings. The van der Waals surface area contributed by atoms with E-state index in [2.05, 4.69) is 178 Å². The third kappa shape index (κ3) is 3.99. The maximum absolute atomic E-state index is 4.78. The molecule has 3 aromatic carbocycles. The predicted molar refractivity (Wildman–Crippen MR) is 221 cm³/mol. The Morgan fingerprint density at radius 2 is 1.26 bits per heavy atom. The van der Waals surface area contributed by atoms with Crippen molar-refractivity contribution in [3.05, 3.63) is 146 Å². The second kappa shape index (κ2) is 12.0. The molecule has 3 atom stereocenters. The van der Waals surface area contributed by atoms with Crippen molar-refractivity contribution in [1.29, 1.82) is 0 Å². The van der Waals surface area contributed by atoms with Gasteiger partial charge >= 0.3 is 295 Å². The molecular weight excluding hydrogens is 743 g/mol. The van der Waals surface area contributed by atoms with Gasteiger partial charge < -0.3 is 0 Å². The fraction of sp³-hybridized carbons (Fsp3) is 0.391. The molecule has 8 rings (SSSR count). The van der Waals surface area contributed by atoms with Crippen molar-refractivity contribution in [1.82, 2.24) is 0 Å². The Hall–Kier alpha value is -1.96. The summed E-state index contributed by atoms with van der Waals surface area (Å²) in [6.07, 6.45) is 16.9. The van der Waals surface area contributed by atoms with Crippen LogP contribution in [0.4, 0.5) is 0 Å². The van der Waals surface area contributed by atoms with Gasteiger partial charge in [0.1, 0.15) is 0 Å². The summed E-state index contributed by atoms with van der Waals surface area (Å²) < 4.78 is 4.84. The molecule has 50 heavy (non-hydrogen) atoms.